The highest BCUT2D eigenvalue weighted by Crippen LogP contribution is 2.12. The lowest BCUT2D eigenvalue weighted by Gasteiger charge is -1.87. The van der Waals surface area contributed by atoms with Crippen LogP contribution in [0.1, 0.15) is 5.56 Å². The summed E-state index contributed by atoms with van der Waals surface area (Å²) in [5.41, 5.74) is 2.22. The average molecular weight is 171 g/mol. The van der Waals surface area contributed by atoms with Crippen molar-refractivity contribution in [3.8, 4) is 11.8 Å². The molecule has 1 heterocycles. The van der Waals surface area contributed by atoms with Crippen molar-refractivity contribution in [3.63, 3.8) is 0 Å². The van der Waals surface area contributed by atoms with E-state index in [1.807, 2.05) is 0 Å². The number of rotatable bonds is 0. The Labute approximate surface area is 74.4 Å². The number of carbonyl (C=O) groups excluding carboxylic acids is 1. The van der Waals surface area contributed by atoms with E-state index in [0.29, 0.717) is 6.29 Å². The van der Waals surface area contributed by atoms with E-state index in [4.69, 9.17) is 4.42 Å². The van der Waals surface area contributed by atoms with Gasteiger partial charge in [0.2, 0.25) is 0 Å². The van der Waals surface area contributed by atoms with Crippen molar-refractivity contribution in [2.24, 2.45) is 0 Å². The maximum absolute atomic E-state index is 9.98. The van der Waals surface area contributed by atoms with Crippen LogP contribution in [0.3, 0.4) is 0 Å². The number of benzene rings is 1. The van der Waals surface area contributed by atoms with E-state index in [1.165, 1.54) is 6.39 Å². The van der Waals surface area contributed by atoms with Crippen LogP contribution >= 0.6 is 0 Å². The summed E-state index contributed by atoms with van der Waals surface area (Å²) in [5.74, 6) is 5.01. The molecular formula is C10H5NO2. The minimum atomic E-state index is 0.562. The Morgan fingerprint density at radius 1 is 1.46 bits per heavy atom. The molecule has 62 valence electrons. The zero-order chi connectivity index (χ0) is 9.10. The molecule has 0 unspecified atom stereocenters. The van der Waals surface area contributed by atoms with Crippen molar-refractivity contribution in [2.75, 3.05) is 0 Å². The third-order valence-electron chi connectivity index (χ3n) is 1.61. The van der Waals surface area contributed by atoms with Gasteiger partial charge in [-0.1, -0.05) is 5.92 Å². The lowest BCUT2D eigenvalue weighted by molar-refractivity contribution is -0.103. The van der Waals surface area contributed by atoms with Gasteiger partial charge in [-0.05, 0) is 24.1 Å². The van der Waals surface area contributed by atoms with Crippen LogP contribution in [0.5, 0.6) is 0 Å². The van der Waals surface area contributed by atoms with Crippen molar-refractivity contribution >= 4 is 17.4 Å². The van der Waals surface area contributed by atoms with Crippen molar-refractivity contribution < 1.29 is 9.21 Å². The lowest BCUT2D eigenvalue weighted by Crippen LogP contribution is -1.74. The van der Waals surface area contributed by atoms with Crippen LogP contribution in [0, 0.1) is 11.8 Å². The summed E-state index contributed by atoms with van der Waals surface area (Å²) >= 11 is 0. The first kappa shape index (κ1) is 7.56. The standard InChI is InChI=1S/C10H5NO2/c12-5-1-2-8-3-4-10-9(6-8)11-7-13-10/h3-7H. The quantitative estimate of drug-likeness (QED) is 0.444. The third-order valence-corrected chi connectivity index (χ3v) is 1.61. The maximum atomic E-state index is 9.98. The number of hydrogen-bond acceptors (Lipinski definition) is 3. The minimum absolute atomic E-state index is 0.562. The fraction of sp³-hybridized carbons (Fsp3) is 0. The van der Waals surface area contributed by atoms with Crippen LogP contribution in [0.25, 0.3) is 11.1 Å². The largest absolute Gasteiger partial charge is 0.443 e. The molecule has 3 nitrogen and oxygen atoms in total. The number of aromatic nitrogens is 1. The molecule has 0 aliphatic rings. The molecule has 2 aromatic rings. The topological polar surface area (TPSA) is 43.1 Å². The van der Waals surface area contributed by atoms with Crippen LogP contribution in [-0.2, 0) is 4.79 Å². The van der Waals surface area contributed by atoms with Crippen molar-refractivity contribution in [1.82, 2.24) is 4.98 Å². The Morgan fingerprint density at radius 3 is 3.23 bits per heavy atom. The van der Waals surface area contributed by atoms with Gasteiger partial charge in [-0.3, -0.25) is 4.79 Å². The van der Waals surface area contributed by atoms with Gasteiger partial charge in [-0.15, -0.1) is 0 Å². The number of carbonyl (C=O) groups is 1. The monoisotopic (exact) mass is 171 g/mol. The average Bonchev–Trinajstić information content (AvgIpc) is 2.61. The first-order chi connectivity index (χ1) is 6.40. The highest BCUT2D eigenvalue weighted by molar-refractivity contribution is 5.77. The molecule has 2 rings (SSSR count). The van der Waals surface area contributed by atoms with Crippen molar-refractivity contribution in [3.05, 3.63) is 30.2 Å². The fourth-order valence-corrected chi connectivity index (χ4v) is 1.05. The van der Waals surface area contributed by atoms with Crippen LogP contribution in [0.4, 0.5) is 0 Å². The second-order valence-electron chi connectivity index (χ2n) is 2.42. The maximum Gasteiger partial charge on any atom is 0.193 e. The SMILES string of the molecule is O=CC#Cc1ccc2ocnc2c1. The Balaban J connectivity index is 2.54. The molecular weight excluding hydrogens is 166 g/mol. The van der Waals surface area contributed by atoms with E-state index < -0.39 is 0 Å². The molecule has 0 bridgehead atoms. The summed E-state index contributed by atoms with van der Waals surface area (Å²) in [7, 11) is 0. The van der Waals surface area contributed by atoms with Gasteiger partial charge in [-0.25, -0.2) is 4.98 Å². The van der Waals surface area contributed by atoms with E-state index >= 15 is 0 Å². The summed E-state index contributed by atoms with van der Waals surface area (Å²) in [6.07, 6.45) is 1.94. The first-order valence-electron chi connectivity index (χ1n) is 3.68. The summed E-state index contributed by atoms with van der Waals surface area (Å²) in [5, 5.41) is 0. The number of fused-ring (bicyclic) bond motifs is 1. The van der Waals surface area contributed by atoms with E-state index in [0.717, 1.165) is 16.7 Å². The summed E-state index contributed by atoms with van der Waals surface area (Å²) < 4.78 is 5.05. The van der Waals surface area contributed by atoms with Gasteiger partial charge in [0.25, 0.3) is 0 Å². The molecule has 13 heavy (non-hydrogen) atoms. The highest BCUT2D eigenvalue weighted by Gasteiger charge is 1.97. The Kier molecular flexibility index (Phi) is 1.81. The summed E-state index contributed by atoms with van der Waals surface area (Å²) in [6, 6.07) is 5.33. The number of aldehydes is 1. The normalized spacial score (nSPS) is 9.23. The molecule has 0 aliphatic heterocycles. The van der Waals surface area contributed by atoms with E-state index in [-0.39, 0.29) is 0 Å². The van der Waals surface area contributed by atoms with Gasteiger partial charge in [-0.2, -0.15) is 0 Å². The molecule has 3 heteroatoms. The zero-order valence-corrected chi connectivity index (χ0v) is 6.65. The van der Waals surface area contributed by atoms with Crippen LogP contribution in [0.2, 0.25) is 0 Å². The van der Waals surface area contributed by atoms with Crippen LogP contribution in [-0.4, -0.2) is 11.3 Å². The molecule has 0 spiro atoms. The molecule has 1 aromatic heterocycles. The minimum Gasteiger partial charge on any atom is -0.443 e. The van der Waals surface area contributed by atoms with Crippen molar-refractivity contribution in [1.29, 1.82) is 0 Å². The smallest absolute Gasteiger partial charge is 0.193 e. The molecule has 0 saturated carbocycles. The Hall–Kier alpha value is -2.08. The Morgan fingerprint density at radius 2 is 2.38 bits per heavy atom. The zero-order valence-electron chi connectivity index (χ0n) is 6.65. The molecule has 0 saturated heterocycles. The number of hydrogen-bond donors (Lipinski definition) is 0. The number of oxazole rings is 1. The van der Waals surface area contributed by atoms with E-state index in [9.17, 15) is 4.79 Å². The molecule has 0 aliphatic carbocycles. The van der Waals surface area contributed by atoms with Gasteiger partial charge in [0.15, 0.2) is 18.3 Å². The van der Waals surface area contributed by atoms with Gasteiger partial charge in [0, 0.05) is 5.56 Å². The summed E-state index contributed by atoms with van der Waals surface area (Å²) in [6.45, 7) is 0. The molecule has 0 N–H and O–H groups in total. The molecule has 0 radical (unpaired) electrons. The van der Waals surface area contributed by atoms with Gasteiger partial charge in [0.1, 0.15) is 5.52 Å². The molecule has 1 aromatic carbocycles. The third kappa shape index (κ3) is 1.42. The van der Waals surface area contributed by atoms with Crippen molar-refractivity contribution in [2.45, 2.75) is 0 Å². The second-order valence-corrected chi connectivity index (χ2v) is 2.42. The van der Waals surface area contributed by atoms with Gasteiger partial charge >= 0.3 is 0 Å². The molecule has 0 amide bonds. The first-order valence-corrected chi connectivity index (χ1v) is 3.68. The fourth-order valence-electron chi connectivity index (χ4n) is 1.05. The van der Waals surface area contributed by atoms with E-state index in [1.54, 1.807) is 18.2 Å². The molecule has 0 fully saturated rings. The van der Waals surface area contributed by atoms with E-state index in [2.05, 4.69) is 16.8 Å². The predicted octanol–water partition coefficient (Wildman–Crippen LogP) is 1.38. The number of nitrogens with zero attached hydrogens (tertiary/aromatic N) is 1. The van der Waals surface area contributed by atoms with Gasteiger partial charge < -0.3 is 4.42 Å². The Bertz CT molecular complexity index is 502. The lowest BCUT2D eigenvalue weighted by atomic mass is 10.2. The van der Waals surface area contributed by atoms with Gasteiger partial charge in [0.05, 0.1) is 0 Å². The predicted molar refractivity (Wildman–Crippen MR) is 47.0 cm³/mol. The van der Waals surface area contributed by atoms with Crippen LogP contribution in [0.15, 0.2) is 29.0 Å². The van der Waals surface area contributed by atoms with Crippen LogP contribution < -0.4 is 0 Å². The molecule has 0 atom stereocenters. The summed E-state index contributed by atoms with van der Waals surface area (Å²) in [4.78, 5) is 13.9. The highest BCUT2D eigenvalue weighted by atomic mass is 16.3. The second kappa shape index (κ2) is 3.11.